The first-order valence-corrected chi connectivity index (χ1v) is 9.13. The average molecular weight is 359 g/mol. The van der Waals surface area contributed by atoms with E-state index in [0.717, 1.165) is 28.4 Å². The van der Waals surface area contributed by atoms with E-state index in [4.69, 9.17) is 4.74 Å². The maximum absolute atomic E-state index is 12.3. The molecule has 1 fully saturated rings. The molecule has 1 aromatic carbocycles. The lowest BCUT2D eigenvalue weighted by Crippen LogP contribution is -2.48. The summed E-state index contributed by atoms with van der Waals surface area (Å²) in [7, 11) is 1.64. The number of ether oxygens (including phenoxy) is 1. The molecule has 1 aliphatic rings. The van der Waals surface area contributed by atoms with Crippen molar-refractivity contribution in [1.82, 2.24) is 14.8 Å². The van der Waals surface area contributed by atoms with Crippen molar-refractivity contribution in [3.8, 4) is 17.0 Å². The van der Waals surface area contributed by atoms with E-state index in [1.54, 1.807) is 23.3 Å². The zero-order valence-electron chi connectivity index (χ0n) is 14.2. The van der Waals surface area contributed by atoms with Crippen molar-refractivity contribution in [3.05, 3.63) is 34.7 Å². The van der Waals surface area contributed by atoms with Crippen LogP contribution in [0.15, 0.2) is 29.6 Å². The number of piperazine rings is 1. The second-order valence-corrected chi connectivity index (χ2v) is 6.82. The highest BCUT2D eigenvalue weighted by Crippen LogP contribution is 2.24. The van der Waals surface area contributed by atoms with Crippen molar-refractivity contribution in [2.45, 2.75) is 12.8 Å². The van der Waals surface area contributed by atoms with Crippen molar-refractivity contribution in [2.24, 2.45) is 0 Å². The Morgan fingerprint density at radius 2 is 1.96 bits per heavy atom. The van der Waals surface area contributed by atoms with Gasteiger partial charge in [0, 0.05) is 50.0 Å². The molecule has 0 N–H and O–H groups in total. The molecule has 0 unspecified atom stereocenters. The molecule has 3 rings (SSSR count). The Balaban J connectivity index is 1.53. The number of thiazole rings is 1. The number of rotatable bonds is 6. The van der Waals surface area contributed by atoms with Gasteiger partial charge in [0.15, 0.2) is 0 Å². The number of aryl methyl sites for hydroxylation is 1. The van der Waals surface area contributed by atoms with Gasteiger partial charge in [-0.1, -0.05) is 0 Å². The summed E-state index contributed by atoms with van der Waals surface area (Å²) in [5.74, 6) is 0.950. The van der Waals surface area contributed by atoms with Gasteiger partial charge in [-0.15, -0.1) is 11.3 Å². The Morgan fingerprint density at radius 3 is 2.60 bits per heavy atom. The van der Waals surface area contributed by atoms with Crippen LogP contribution in [0.3, 0.4) is 0 Å². The van der Waals surface area contributed by atoms with Gasteiger partial charge in [0.25, 0.3) is 0 Å². The van der Waals surface area contributed by atoms with E-state index in [0.29, 0.717) is 39.0 Å². The Kier molecular flexibility index (Phi) is 5.65. The molecule has 6 nitrogen and oxygen atoms in total. The molecule has 25 heavy (non-hydrogen) atoms. The Morgan fingerprint density at radius 1 is 1.24 bits per heavy atom. The molecule has 0 spiro atoms. The number of hydrogen-bond donors (Lipinski definition) is 0. The largest absolute Gasteiger partial charge is 0.497 e. The minimum Gasteiger partial charge on any atom is -0.497 e. The maximum atomic E-state index is 12.3. The average Bonchev–Trinajstić information content (AvgIpc) is 3.15. The summed E-state index contributed by atoms with van der Waals surface area (Å²) in [6.45, 7) is 2.47. The molecule has 1 aliphatic heterocycles. The zero-order chi connectivity index (χ0) is 17.6. The van der Waals surface area contributed by atoms with Crippen molar-refractivity contribution in [2.75, 3.05) is 33.3 Å². The maximum Gasteiger partial charge on any atom is 0.223 e. The molecular weight excluding hydrogens is 338 g/mol. The molecule has 0 atom stereocenters. The van der Waals surface area contributed by atoms with E-state index >= 15 is 0 Å². The summed E-state index contributed by atoms with van der Waals surface area (Å²) in [4.78, 5) is 31.2. The lowest BCUT2D eigenvalue weighted by Gasteiger charge is -2.32. The van der Waals surface area contributed by atoms with Gasteiger partial charge in [-0.3, -0.25) is 9.59 Å². The minimum atomic E-state index is 0.131. The molecule has 7 heteroatoms. The van der Waals surface area contributed by atoms with Crippen LogP contribution in [-0.4, -0.2) is 60.4 Å². The van der Waals surface area contributed by atoms with Crippen molar-refractivity contribution in [3.63, 3.8) is 0 Å². The molecule has 1 saturated heterocycles. The fraction of sp³-hybridized carbons (Fsp3) is 0.389. The van der Waals surface area contributed by atoms with Gasteiger partial charge in [-0.05, 0) is 24.3 Å². The summed E-state index contributed by atoms with van der Waals surface area (Å²) in [6.07, 6.45) is 1.95. The number of aromatic nitrogens is 1. The Bertz CT molecular complexity index is 721. The molecule has 0 saturated carbocycles. The van der Waals surface area contributed by atoms with Crippen molar-refractivity contribution in [1.29, 1.82) is 0 Å². The quantitative estimate of drug-likeness (QED) is 0.741. The van der Waals surface area contributed by atoms with E-state index in [1.165, 1.54) is 0 Å². The van der Waals surface area contributed by atoms with Gasteiger partial charge in [-0.2, -0.15) is 0 Å². The summed E-state index contributed by atoms with van der Waals surface area (Å²) < 4.78 is 5.16. The standard InChI is InChI=1S/C18H21N3O3S/c1-24-15-4-2-14(3-5-15)16-12-25-17(19-16)6-7-18(23)21-10-8-20(13-22)9-11-21/h2-5,12-13H,6-11H2,1H3. The van der Waals surface area contributed by atoms with Crippen LogP contribution in [0.1, 0.15) is 11.4 Å². The topological polar surface area (TPSA) is 62.7 Å². The molecule has 132 valence electrons. The van der Waals surface area contributed by atoms with Crippen LogP contribution in [0, 0.1) is 0 Å². The summed E-state index contributed by atoms with van der Waals surface area (Å²) in [6, 6.07) is 7.79. The van der Waals surface area contributed by atoms with Crippen LogP contribution in [0.25, 0.3) is 11.3 Å². The third-order valence-corrected chi connectivity index (χ3v) is 5.21. The van der Waals surface area contributed by atoms with Crippen molar-refractivity contribution >= 4 is 23.7 Å². The lowest BCUT2D eigenvalue weighted by molar-refractivity contribution is -0.135. The van der Waals surface area contributed by atoms with Crippen molar-refractivity contribution < 1.29 is 14.3 Å². The minimum absolute atomic E-state index is 0.131. The number of amides is 2. The summed E-state index contributed by atoms with van der Waals surface area (Å²) >= 11 is 1.58. The first-order valence-electron chi connectivity index (χ1n) is 8.25. The number of hydrogen-bond acceptors (Lipinski definition) is 5. The van der Waals surface area contributed by atoms with Crippen LogP contribution < -0.4 is 4.74 Å². The van der Waals surface area contributed by atoms with E-state index in [9.17, 15) is 9.59 Å². The third kappa shape index (κ3) is 4.36. The number of nitrogens with zero attached hydrogens (tertiary/aromatic N) is 3. The highest BCUT2D eigenvalue weighted by atomic mass is 32.1. The van der Waals surface area contributed by atoms with E-state index in [-0.39, 0.29) is 5.91 Å². The van der Waals surface area contributed by atoms with Crippen LogP contribution in [0.4, 0.5) is 0 Å². The smallest absolute Gasteiger partial charge is 0.223 e. The van der Waals surface area contributed by atoms with Gasteiger partial charge in [0.1, 0.15) is 5.75 Å². The Hall–Kier alpha value is -2.41. The monoisotopic (exact) mass is 359 g/mol. The van der Waals surface area contributed by atoms with Crippen LogP contribution >= 0.6 is 11.3 Å². The van der Waals surface area contributed by atoms with Crippen LogP contribution in [0.2, 0.25) is 0 Å². The van der Waals surface area contributed by atoms with Gasteiger partial charge in [0.2, 0.25) is 12.3 Å². The number of carbonyl (C=O) groups excluding carboxylic acids is 2. The van der Waals surface area contributed by atoms with Gasteiger partial charge in [0.05, 0.1) is 17.8 Å². The van der Waals surface area contributed by atoms with Gasteiger partial charge < -0.3 is 14.5 Å². The fourth-order valence-corrected chi connectivity index (χ4v) is 3.58. The first-order chi connectivity index (χ1) is 12.2. The second-order valence-electron chi connectivity index (χ2n) is 5.88. The van der Waals surface area contributed by atoms with E-state index < -0.39 is 0 Å². The fourth-order valence-electron chi connectivity index (χ4n) is 2.77. The Labute approximate surface area is 151 Å². The molecule has 0 bridgehead atoms. The number of benzene rings is 1. The zero-order valence-corrected chi connectivity index (χ0v) is 15.0. The molecule has 1 aromatic heterocycles. The number of carbonyl (C=O) groups is 2. The second kappa shape index (κ2) is 8.11. The molecule has 2 amide bonds. The normalized spacial score (nSPS) is 14.4. The van der Waals surface area contributed by atoms with Crippen LogP contribution in [0.5, 0.6) is 5.75 Å². The molecular formula is C18H21N3O3S. The first kappa shape index (κ1) is 17.4. The molecule has 0 radical (unpaired) electrons. The SMILES string of the molecule is COc1ccc(-c2csc(CCC(=O)N3CCN(C=O)CC3)n2)cc1. The lowest BCUT2D eigenvalue weighted by atomic mass is 10.2. The predicted molar refractivity (Wildman–Crippen MR) is 96.6 cm³/mol. The predicted octanol–water partition coefficient (Wildman–Crippen LogP) is 2.05. The summed E-state index contributed by atoms with van der Waals surface area (Å²) in [5.41, 5.74) is 1.97. The van der Waals surface area contributed by atoms with E-state index in [1.807, 2.05) is 34.5 Å². The summed E-state index contributed by atoms with van der Waals surface area (Å²) in [5, 5.41) is 2.98. The third-order valence-electron chi connectivity index (χ3n) is 4.31. The van der Waals surface area contributed by atoms with Crippen LogP contribution in [-0.2, 0) is 16.0 Å². The van der Waals surface area contributed by atoms with E-state index in [2.05, 4.69) is 4.98 Å². The molecule has 0 aliphatic carbocycles. The molecule has 2 heterocycles. The highest BCUT2D eigenvalue weighted by Gasteiger charge is 2.20. The number of methoxy groups -OCH3 is 1. The molecule has 2 aromatic rings. The highest BCUT2D eigenvalue weighted by molar-refractivity contribution is 7.09. The van der Waals surface area contributed by atoms with Gasteiger partial charge >= 0.3 is 0 Å². The van der Waals surface area contributed by atoms with Gasteiger partial charge in [-0.25, -0.2) is 4.98 Å².